The minimum atomic E-state index is -0.000248. The van der Waals surface area contributed by atoms with Gasteiger partial charge in [0.25, 0.3) is 5.91 Å². The molecule has 0 bridgehead atoms. The molecule has 134 valence electrons. The topological polar surface area (TPSA) is 43.3 Å². The van der Waals surface area contributed by atoms with E-state index >= 15 is 0 Å². The minimum absolute atomic E-state index is 0.000248. The number of carbonyl (C=O) groups excluding carboxylic acids is 1. The van der Waals surface area contributed by atoms with Crippen LogP contribution in [0.25, 0.3) is 10.9 Å². The second-order valence-corrected chi connectivity index (χ2v) is 6.91. The number of carbonyl (C=O) groups is 1. The smallest absolute Gasteiger partial charge is 0.268 e. The van der Waals surface area contributed by atoms with Gasteiger partial charge >= 0.3 is 0 Å². The fraction of sp³-hybridized carbons (Fsp3) is 0.318. The minimum Gasteiger partial charge on any atom is -0.493 e. The summed E-state index contributed by atoms with van der Waals surface area (Å²) in [5.74, 6) is 0.828. The molecule has 1 N–H and O–H groups in total. The Morgan fingerprint density at radius 3 is 2.73 bits per heavy atom. The molecule has 1 saturated carbocycles. The molecule has 4 heteroatoms. The number of ether oxygens (including phenoxy) is 1. The molecule has 1 amide bonds. The van der Waals surface area contributed by atoms with Gasteiger partial charge in [-0.25, -0.2) is 0 Å². The summed E-state index contributed by atoms with van der Waals surface area (Å²) in [6.45, 7) is 5.35. The number of nitrogens with one attached hydrogen (secondary N) is 1. The first-order chi connectivity index (χ1) is 12.7. The van der Waals surface area contributed by atoms with Crippen molar-refractivity contribution < 1.29 is 9.53 Å². The second kappa shape index (κ2) is 6.87. The van der Waals surface area contributed by atoms with Gasteiger partial charge in [-0.1, -0.05) is 30.3 Å². The van der Waals surface area contributed by atoms with Crippen molar-refractivity contribution in [1.29, 1.82) is 0 Å². The molecular weight excluding hydrogens is 324 g/mol. The van der Waals surface area contributed by atoms with E-state index in [4.69, 9.17) is 4.74 Å². The molecule has 1 aromatic heterocycles. The van der Waals surface area contributed by atoms with Crippen LogP contribution in [0.15, 0.2) is 48.5 Å². The highest BCUT2D eigenvalue weighted by Crippen LogP contribution is 2.31. The molecule has 26 heavy (non-hydrogen) atoms. The average Bonchev–Trinajstić information content (AvgIpc) is 3.37. The van der Waals surface area contributed by atoms with E-state index in [1.54, 1.807) is 0 Å². The first kappa shape index (κ1) is 16.7. The van der Waals surface area contributed by atoms with Gasteiger partial charge < -0.3 is 14.6 Å². The normalized spacial score (nSPS) is 13.8. The van der Waals surface area contributed by atoms with E-state index in [2.05, 4.69) is 35.0 Å². The van der Waals surface area contributed by atoms with Crippen LogP contribution in [0.4, 0.5) is 0 Å². The zero-order chi connectivity index (χ0) is 18.1. The monoisotopic (exact) mass is 348 g/mol. The summed E-state index contributed by atoms with van der Waals surface area (Å²) in [6.07, 6.45) is 2.15. The van der Waals surface area contributed by atoms with Gasteiger partial charge in [-0.3, -0.25) is 4.79 Å². The molecule has 1 heterocycles. The fourth-order valence-corrected chi connectivity index (χ4v) is 3.34. The van der Waals surface area contributed by atoms with E-state index in [1.165, 1.54) is 11.1 Å². The Hall–Kier alpha value is -2.75. The van der Waals surface area contributed by atoms with Crippen molar-refractivity contribution in [3.05, 3.63) is 65.4 Å². The van der Waals surface area contributed by atoms with Gasteiger partial charge in [0.15, 0.2) is 0 Å². The summed E-state index contributed by atoms with van der Waals surface area (Å²) >= 11 is 0. The Kier molecular flexibility index (Phi) is 4.41. The van der Waals surface area contributed by atoms with E-state index in [-0.39, 0.29) is 5.91 Å². The average molecular weight is 348 g/mol. The van der Waals surface area contributed by atoms with Crippen LogP contribution in [-0.2, 0) is 6.54 Å². The Morgan fingerprint density at radius 2 is 2.00 bits per heavy atom. The standard InChI is InChI=1S/C22H24N2O2/c1-3-26-21-10-6-9-19-18(21)13-20(22(25)23-17-11-12-17)24(19)14-16-8-5-4-7-15(16)2/h4-10,13,17H,3,11-12,14H2,1-2H3,(H,23,25). The Labute approximate surface area is 153 Å². The van der Waals surface area contributed by atoms with Crippen molar-refractivity contribution in [3.8, 4) is 5.75 Å². The highest BCUT2D eigenvalue weighted by atomic mass is 16.5. The lowest BCUT2D eigenvalue weighted by molar-refractivity contribution is 0.0942. The van der Waals surface area contributed by atoms with Crippen LogP contribution in [0.1, 0.15) is 41.4 Å². The first-order valence-corrected chi connectivity index (χ1v) is 9.27. The van der Waals surface area contributed by atoms with E-state index in [0.29, 0.717) is 24.9 Å². The second-order valence-electron chi connectivity index (χ2n) is 6.91. The van der Waals surface area contributed by atoms with Gasteiger partial charge in [0.1, 0.15) is 11.4 Å². The van der Waals surface area contributed by atoms with Crippen LogP contribution in [0.2, 0.25) is 0 Å². The highest BCUT2D eigenvalue weighted by molar-refractivity contribution is 6.00. The molecule has 0 saturated heterocycles. The molecule has 0 aliphatic heterocycles. The number of aromatic nitrogens is 1. The van der Waals surface area contributed by atoms with Gasteiger partial charge in [0.2, 0.25) is 0 Å². The summed E-state index contributed by atoms with van der Waals surface area (Å²) < 4.78 is 7.90. The Bertz CT molecular complexity index is 954. The molecule has 0 atom stereocenters. The third-order valence-electron chi connectivity index (χ3n) is 4.94. The molecule has 2 aromatic carbocycles. The predicted molar refractivity (Wildman–Crippen MR) is 104 cm³/mol. The predicted octanol–water partition coefficient (Wildman–Crippen LogP) is 4.29. The summed E-state index contributed by atoms with van der Waals surface area (Å²) in [7, 11) is 0. The van der Waals surface area contributed by atoms with Crippen LogP contribution >= 0.6 is 0 Å². The summed E-state index contributed by atoms with van der Waals surface area (Å²) in [4.78, 5) is 12.9. The first-order valence-electron chi connectivity index (χ1n) is 9.27. The number of fused-ring (bicyclic) bond motifs is 1. The van der Waals surface area contributed by atoms with Crippen molar-refractivity contribution in [3.63, 3.8) is 0 Å². The van der Waals surface area contributed by atoms with Crippen molar-refractivity contribution in [1.82, 2.24) is 9.88 Å². The molecule has 1 aliphatic rings. The summed E-state index contributed by atoms with van der Waals surface area (Å²) in [5, 5.41) is 4.11. The zero-order valence-electron chi connectivity index (χ0n) is 15.3. The maximum Gasteiger partial charge on any atom is 0.268 e. The Balaban J connectivity index is 1.82. The number of rotatable bonds is 6. The van der Waals surface area contributed by atoms with Crippen molar-refractivity contribution in [2.45, 2.75) is 39.3 Å². The van der Waals surface area contributed by atoms with Crippen molar-refractivity contribution in [2.75, 3.05) is 6.61 Å². The zero-order valence-corrected chi connectivity index (χ0v) is 15.3. The molecule has 0 unspecified atom stereocenters. The van der Waals surface area contributed by atoms with Crippen LogP contribution < -0.4 is 10.1 Å². The largest absolute Gasteiger partial charge is 0.493 e. The van der Waals surface area contributed by atoms with Gasteiger partial charge in [-0.05, 0) is 56.0 Å². The van der Waals surface area contributed by atoms with Gasteiger partial charge in [-0.2, -0.15) is 0 Å². The fourth-order valence-electron chi connectivity index (χ4n) is 3.34. The molecule has 3 aromatic rings. The van der Waals surface area contributed by atoms with Gasteiger partial charge in [0, 0.05) is 18.0 Å². The van der Waals surface area contributed by atoms with Crippen LogP contribution in [0, 0.1) is 6.92 Å². The maximum absolute atomic E-state index is 12.9. The molecule has 4 rings (SSSR count). The third-order valence-corrected chi connectivity index (χ3v) is 4.94. The summed E-state index contributed by atoms with van der Waals surface area (Å²) in [6, 6.07) is 16.6. The lowest BCUT2D eigenvalue weighted by atomic mass is 10.1. The SMILES string of the molecule is CCOc1cccc2c1cc(C(=O)NC1CC1)n2Cc1ccccc1C. The van der Waals surface area contributed by atoms with Crippen molar-refractivity contribution >= 4 is 16.8 Å². The number of amides is 1. The molecule has 0 spiro atoms. The molecule has 4 nitrogen and oxygen atoms in total. The third kappa shape index (κ3) is 3.19. The van der Waals surface area contributed by atoms with Crippen LogP contribution in [-0.4, -0.2) is 23.1 Å². The number of benzene rings is 2. The van der Waals surface area contributed by atoms with E-state index in [9.17, 15) is 4.79 Å². The van der Waals surface area contributed by atoms with Crippen LogP contribution in [0.3, 0.4) is 0 Å². The quantitative estimate of drug-likeness (QED) is 0.722. The van der Waals surface area contributed by atoms with Gasteiger partial charge in [-0.15, -0.1) is 0 Å². The number of aryl methyl sites for hydroxylation is 1. The molecular formula is C22H24N2O2. The molecule has 1 fully saturated rings. The van der Waals surface area contributed by atoms with Gasteiger partial charge in [0.05, 0.1) is 12.1 Å². The maximum atomic E-state index is 12.9. The van der Waals surface area contributed by atoms with E-state index in [0.717, 1.165) is 29.5 Å². The number of nitrogens with zero attached hydrogens (tertiary/aromatic N) is 1. The van der Waals surface area contributed by atoms with Crippen LogP contribution in [0.5, 0.6) is 5.75 Å². The lowest BCUT2D eigenvalue weighted by Crippen LogP contribution is -2.27. The number of hydrogen-bond acceptors (Lipinski definition) is 2. The molecule has 0 radical (unpaired) electrons. The van der Waals surface area contributed by atoms with E-state index in [1.807, 2.05) is 37.3 Å². The van der Waals surface area contributed by atoms with Crippen molar-refractivity contribution in [2.24, 2.45) is 0 Å². The lowest BCUT2D eigenvalue weighted by Gasteiger charge is -2.13. The summed E-state index contributed by atoms with van der Waals surface area (Å²) in [5.41, 5.74) is 4.17. The molecule has 1 aliphatic carbocycles. The number of hydrogen-bond donors (Lipinski definition) is 1. The highest BCUT2D eigenvalue weighted by Gasteiger charge is 2.26. The Morgan fingerprint density at radius 1 is 1.19 bits per heavy atom. The van der Waals surface area contributed by atoms with E-state index < -0.39 is 0 Å².